The Kier molecular flexibility index (Phi) is 7.98. The molecule has 0 spiro atoms. The number of aliphatic hydroxyl groups excluding tert-OH is 1. The Hall–Kier alpha value is -2.44. The fourth-order valence-corrected chi connectivity index (χ4v) is 3.01. The third-order valence-corrected chi connectivity index (χ3v) is 4.23. The van der Waals surface area contributed by atoms with E-state index in [-0.39, 0.29) is 12.0 Å². The second kappa shape index (κ2) is 10.0. The smallest absolute Gasteiger partial charge is 0.408 e. The molecule has 2 rings (SSSR count). The van der Waals surface area contributed by atoms with Crippen molar-refractivity contribution in [1.29, 1.82) is 0 Å². The van der Waals surface area contributed by atoms with Gasteiger partial charge in [0.2, 0.25) is 0 Å². The van der Waals surface area contributed by atoms with E-state index >= 15 is 0 Å². The van der Waals surface area contributed by atoms with Gasteiger partial charge in [-0.15, -0.1) is 0 Å². The lowest BCUT2D eigenvalue weighted by Gasteiger charge is -2.20. The summed E-state index contributed by atoms with van der Waals surface area (Å²) < 4.78 is 17.1. The predicted molar refractivity (Wildman–Crippen MR) is 109 cm³/mol. The van der Waals surface area contributed by atoms with Crippen LogP contribution in [0.4, 0.5) is 4.79 Å². The molecule has 0 saturated carbocycles. The van der Waals surface area contributed by atoms with Crippen LogP contribution in [0.1, 0.15) is 39.0 Å². The number of hydrogen-bond acceptors (Lipinski definition) is 8. The van der Waals surface area contributed by atoms with Crippen molar-refractivity contribution in [3.8, 4) is 0 Å². The summed E-state index contributed by atoms with van der Waals surface area (Å²) in [5.74, 6) is -0.759. The van der Waals surface area contributed by atoms with Crippen molar-refractivity contribution in [2.75, 3.05) is 13.2 Å². The average Bonchev–Trinajstić information content (AvgIpc) is 3.03. The molecule has 0 unspecified atom stereocenters. The molecule has 1 amide bonds. The number of carbonyl (C=O) groups excluding carboxylic acids is 2. The monoisotopic (exact) mass is 489 g/mol. The molecule has 0 bridgehead atoms. The topological polar surface area (TPSA) is 149 Å². The van der Waals surface area contributed by atoms with Crippen molar-refractivity contribution < 1.29 is 28.9 Å². The summed E-state index contributed by atoms with van der Waals surface area (Å²) in [6.07, 6.45) is -0.556. The van der Waals surface area contributed by atoms with Gasteiger partial charge in [-0.25, -0.2) is 9.59 Å². The molecular formula is C18H24BrN3O8. The standard InChI is InChI=1S/C18H24BrN3O8/c1-18(2,3)30-17(27)20-7-14(24)29-11-6-13(28-12(11)9-23)22-8-10(4-5-19)15(25)21-16(22)26/h4-5,8,11-13,23H,6-7,9H2,1-3H3,(H,20,27)(H,21,25,26)/b5-4+/t11-,12+,13+/m0/s1. The first kappa shape index (κ1) is 23.8. The quantitative estimate of drug-likeness (QED) is 0.492. The van der Waals surface area contributed by atoms with E-state index in [0.29, 0.717) is 0 Å². The largest absolute Gasteiger partial charge is 0.458 e. The van der Waals surface area contributed by atoms with Crippen LogP contribution in [0.5, 0.6) is 0 Å². The van der Waals surface area contributed by atoms with Crippen LogP contribution >= 0.6 is 15.9 Å². The van der Waals surface area contributed by atoms with Crippen LogP contribution in [0.15, 0.2) is 20.8 Å². The number of esters is 1. The van der Waals surface area contributed by atoms with E-state index in [1.165, 1.54) is 17.3 Å². The highest BCUT2D eigenvalue weighted by molar-refractivity contribution is 9.11. The highest BCUT2D eigenvalue weighted by Crippen LogP contribution is 2.29. The molecule has 30 heavy (non-hydrogen) atoms. The van der Waals surface area contributed by atoms with E-state index in [4.69, 9.17) is 14.2 Å². The summed E-state index contributed by atoms with van der Waals surface area (Å²) in [6.45, 7) is 4.16. The highest BCUT2D eigenvalue weighted by atomic mass is 79.9. The Balaban J connectivity index is 2.04. The van der Waals surface area contributed by atoms with Gasteiger partial charge in [-0.05, 0) is 31.8 Å². The number of ether oxygens (including phenoxy) is 3. The van der Waals surface area contributed by atoms with Gasteiger partial charge in [0.15, 0.2) is 0 Å². The summed E-state index contributed by atoms with van der Waals surface area (Å²) in [6, 6.07) is 0. The van der Waals surface area contributed by atoms with Gasteiger partial charge >= 0.3 is 17.8 Å². The molecule has 0 radical (unpaired) electrons. The highest BCUT2D eigenvalue weighted by Gasteiger charge is 2.39. The summed E-state index contributed by atoms with van der Waals surface area (Å²) in [4.78, 5) is 51.3. The van der Waals surface area contributed by atoms with Gasteiger partial charge in [0, 0.05) is 12.6 Å². The Labute approximate surface area is 180 Å². The van der Waals surface area contributed by atoms with Crippen LogP contribution < -0.4 is 16.6 Å². The predicted octanol–water partition coefficient (Wildman–Crippen LogP) is 0.618. The number of amides is 1. The third-order valence-electron chi connectivity index (χ3n) is 3.97. The molecule has 12 heteroatoms. The fraction of sp³-hybridized carbons (Fsp3) is 0.556. The van der Waals surface area contributed by atoms with Gasteiger partial charge < -0.3 is 24.6 Å². The number of H-pyrrole nitrogens is 1. The molecule has 1 aliphatic heterocycles. The van der Waals surface area contributed by atoms with Crippen LogP contribution in [0.2, 0.25) is 0 Å². The number of nitrogens with zero attached hydrogens (tertiary/aromatic N) is 1. The summed E-state index contributed by atoms with van der Waals surface area (Å²) in [5.41, 5.74) is -1.78. The normalized spacial score (nSPS) is 21.6. The number of aromatic amines is 1. The Bertz CT molecular complexity index is 917. The molecule has 2 heterocycles. The minimum Gasteiger partial charge on any atom is -0.458 e. The molecule has 1 aromatic rings. The number of alkyl carbamates (subject to hydrolysis) is 1. The van der Waals surface area contributed by atoms with E-state index in [0.717, 1.165) is 4.57 Å². The van der Waals surface area contributed by atoms with Crippen molar-refractivity contribution in [2.24, 2.45) is 0 Å². The molecule has 1 aliphatic rings. The van der Waals surface area contributed by atoms with Crippen molar-refractivity contribution in [2.45, 2.75) is 51.2 Å². The number of nitrogens with one attached hydrogen (secondary N) is 2. The molecule has 0 aromatic carbocycles. The van der Waals surface area contributed by atoms with Gasteiger partial charge in [0.1, 0.15) is 30.6 Å². The summed E-state index contributed by atoms with van der Waals surface area (Å²) in [7, 11) is 0. The molecule has 11 nitrogen and oxygen atoms in total. The second-order valence-corrected chi connectivity index (χ2v) is 8.00. The Morgan fingerprint density at radius 3 is 2.73 bits per heavy atom. The van der Waals surface area contributed by atoms with E-state index < -0.39 is 60.5 Å². The van der Waals surface area contributed by atoms with Crippen LogP contribution in [-0.2, 0) is 19.0 Å². The van der Waals surface area contributed by atoms with E-state index in [2.05, 4.69) is 26.2 Å². The minimum absolute atomic E-state index is 0.0623. The molecule has 1 saturated heterocycles. The maximum atomic E-state index is 12.2. The maximum Gasteiger partial charge on any atom is 0.408 e. The lowest BCUT2D eigenvalue weighted by molar-refractivity contribution is -0.152. The number of rotatable bonds is 6. The molecule has 1 aromatic heterocycles. The summed E-state index contributed by atoms with van der Waals surface area (Å²) in [5, 5.41) is 11.8. The van der Waals surface area contributed by atoms with Gasteiger partial charge in [-0.2, -0.15) is 0 Å². The number of carbonyl (C=O) groups is 2. The third kappa shape index (κ3) is 6.54. The van der Waals surface area contributed by atoms with Gasteiger partial charge in [0.05, 0.1) is 12.2 Å². The number of halogens is 1. The summed E-state index contributed by atoms with van der Waals surface area (Å²) >= 11 is 3.06. The average molecular weight is 490 g/mol. The van der Waals surface area contributed by atoms with Crippen LogP contribution in [0.3, 0.4) is 0 Å². The van der Waals surface area contributed by atoms with Gasteiger partial charge in [-0.3, -0.25) is 19.1 Å². The molecule has 1 fully saturated rings. The van der Waals surface area contributed by atoms with Gasteiger partial charge in [-0.1, -0.05) is 15.9 Å². The SMILES string of the molecule is CC(C)(C)OC(=O)NCC(=O)O[C@H]1C[C@H](n2cc(/C=C/Br)c(=O)[nH]c2=O)O[C@@H]1CO. The van der Waals surface area contributed by atoms with E-state index in [1.54, 1.807) is 20.8 Å². The van der Waals surface area contributed by atoms with E-state index in [9.17, 15) is 24.3 Å². The van der Waals surface area contributed by atoms with E-state index in [1.807, 2.05) is 0 Å². The zero-order valence-electron chi connectivity index (χ0n) is 16.7. The second-order valence-electron chi connectivity index (χ2n) is 7.47. The lowest BCUT2D eigenvalue weighted by Crippen LogP contribution is -2.38. The van der Waals surface area contributed by atoms with Crippen LogP contribution in [0.25, 0.3) is 6.08 Å². The first-order valence-corrected chi connectivity index (χ1v) is 10.0. The van der Waals surface area contributed by atoms with Gasteiger partial charge in [0.25, 0.3) is 5.56 Å². The zero-order valence-corrected chi connectivity index (χ0v) is 18.3. The molecule has 166 valence electrons. The molecule has 3 atom stereocenters. The number of aliphatic hydroxyl groups is 1. The Morgan fingerprint density at radius 2 is 2.13 bits per heavy atom. The molecular weight excluding hydrogens is 466 g/mol. The minimum atomic E-state index is -0.880. The zero-order chi connectivity index (χ0) is 22.5. The Morgan fingerprint density at radius 1 is 1.43 bits per heavy atom. The molecule has 0 aliphatic carbocycles. The number of aromatic nitrogens is 2. The van der Waals surface area contributed by atoms with Crippen molar-refractivity contribution in [3.05, 3.63) is 37.6 Å². The number of hydrogen-bond donors (Lipinski definition) is 3. The fourth-order valence-electron chi connectivity index (χ4n) is 2.73. The first-order valence-electron chi connectivity index (χ1n) is 9.09. The van der Waals surface area contributed by atoms with Crippen molar-refractivity contribution in [3.63, 3.8) is 0 Å². The van der Waals surface area contributed by atoms with Crippen LogP contribution in [-0.4, -0.2) is 57.7 Å². The maximum absolute atomic E-state index is 12.2. The molecule has 3 N–H and O–H groups in total. The van der Waals surface area contributed by atoms with Crippen molar-refractivity contribution in [1.82, 2.24) is 14.9 Å². The first-order chi connectivity index (χ1) is 14.0. The van der Waals surface area contributed by atoms with Crippen LogP contribution in [0, 0.1) is 0 Å². The van der Waals surface area contributed by atoms with Crippen molar-refractivity contribution >= 4 is 34.1 Å². The lowest BCUT2D eigenvalue weighted by atomic mass is 10.2.